The molecule has 0 saturated carbocycles. The average molecular weight is 475 g/mol. The lowest BCUT2D eigenvalue weighted by Gasteiger charge is -2.21. The number of benzene rings is 3. The molecule has 1 heterocycles. The molecule has 1 saturated heterocycles. The molecular weight excluding hydrogens is 444 g/mol. The second-order valence-corrected chi connectivity index (χ2v) is 8.47. The molecular formula is C28H30N2O5. The zero-order valence-electron chi connectivity index (χ0n) is 20.2. The molecule has 0 unspecified atom stereocenters. The van der Waals surface area contributed by atoms with Gasteiger partial charge in [0.1, 0.15) is 17.2 Å². The highest BCUT2D eigenvalue weighted by Gasteiger charge is 2.42. The molecule has 0 radical (unpaired) electrons. The summed E-state index contributed by atoms with van der Waals surface area (Å²) in [5.41, 5.74) is 2.37. The maximum atomic E-state index is 13.4. The number of amides is 2. The van der Waals surface area contributed by atoms with Gasteiger partial charge >= 0.3 is 0 Å². The van der Waals surface area contributed by atoms with E-state index in [1.54, 1.807) is 50.5 Å². The Bertz CT molecular complexity index is 1180. The summed E-state index contributed by atoms with van der Waals surface area (Å²) >= 11 is 0. The molecule has 2 amide bonds. The van der Waals surface area contributed by atoms with Crippen molar-refractivity contribution in [3.63, 3.8) is 0 Å². The molecule has 35 heavy (non-hydrogen) atoms. The lowest BCUT2D eigenvalue weighted by Crippen LogP contribution is -2.35. The lowest BCUT2D eigenvalue weighted by atomic mass is 9.87. The third kappa shape index (κ3) is 5.40. The Kier molecular flexibility index (Phi) is 7.55. The highest BCUT2D eigenvalue weighted by molar-refractivity contribution is 5.95. The predicted octanol–water partition coefficient (Wildman–Crippen LogP) is 3.88. The van der Waals surface area contributed by atoms with Crippen LogP contribution in [0.5, 0.6) is 17.2 Å². The van der Waals surface area contributed by atoms with Gasteiger partial charge in [0.15, 0.2) is 0 Å². The molecule has 0 bridgehead atoms. The summed E-state index contributed by atoms with van der Waals surface area (Å²) in [4.78, 5) is 28.5. The standard InChI is InChI=1S/C28H30N2O5/c1-33-21-11-7-10-20(14-21)28(32)30-17-24(23-15-22(34-2)12-13-26(23)35-3)25(18-30)27(31)29-16-19-8-5-4-6-9-19/h4-15,24-25H,16-18H2,1-3H3,(H,29,31)/t24-,25+/m0/s1. The van der Waals surface area contributed by atoms with Crippen molar-refractivity contribution in [1.82, 2.24) is 10.2 Å². The highest BCUT2D eigenvalue weighted by Crippen LogP contribution is 2.40. The summed E-state index contributed by atoms with van der Waals surface area (Å²) in [5, 5.41) is 3.06. The van der Waals surface area contributed by atoms with Crippen molar-refractivity contribution in [2.75, 3.05) is 34.4 Å². The number of likely N-dealkylation sites (tertiary alicyclic amines) is 1. The van der Waals surface area contributed by atoms with E-state index in [0.29, 0.717) is 42.4 Å². The number of carbonyl (C=O) groups excluding carboxylic acids is 2. The van der Waals surface area contributed by atoms with Gasteiger partial charge in [0, 0.05) is 36.7 Å². The van der Waals surface area contributed by atoms with Gasteiger partial charge in [-0.15, -0.1) is 0 Å². The highest BCUT2D eigenvalue weighted by atomic mass is 16.5. The summed E-state index contributed by atoms with van der Waals surface area (Å²) in [7, 11) is 4.77. The fourth-order valence-electron chi connectivity index (χ4n) is 4.53. The van der Waals surface area contributed by atoms with Gasteiger partial charge in [-0.2, -0.15) is 0 Å². The number of methoxy groups -OCH3 is 3. The van der Waals surface area contributed by atoms with Crippen molar-refractivity contribution in [1.29, 1.82) is 0 Å². The Balaban J connectivity index is 1.63. The van der Waals surface area contributed by atoms with Crippen molar-refractivity contribution in [2.45, 2.75) is 12.5 Å². The van der Waals surface area contributed by atoms with Crippen LogP contribution < -0.4 is 19.5 Å². The molecule has 0 aromatic heterocycles. The quantitative estimate of drug-likeness (QED) is 0.536. The second kappa shape index (κ2) is 11.0. The van der Waals surface area contributed by atoms with Crippen molar-refractivity contribution in [2.24, 2.45) is 5.92 Å². The molecule has 1 fully saturated rings. The molecule has 0 spiro atoms. The van der Waals surface area contributed by atoms with Crippen LogP contribution in [-0.2, 0) is 11.3 Å². The first-order valence-corrected chi connectivity index (χ1v) is 11.5. The molecule has 1 aliphatic rings. The smallest absolute Gasteiger partial charge is 0.254 e. The fourth-order valence-corrected chi connectivity index (χ4v) is 4.53. The monoisotopic (exact) mass is 474 g/mol. The minimum absolute atomic E-state index is 0.107. The van der Waals surface area contributed by atoms with Gasteiger partial charge in [0.05, 0.1) is 27.2 Å². The van der Waals surface area contributed by atoms with Crippen molar-refractivity contribution < 1.29 is 23.8 Å². The molecule has 3 aromatic carbocycles. The predicted molar refractivity (Wildman–Crippen MR) is 133 cm³/mol. The molecule has 2 atom stereocenters. The van der Waals surface area contributed by atoms with Gasteiger partial charge in [-0.1, -0.05) is 36.4 Å². The first kappa shape index (κ1) is 24.1. The largest absolute Gasteiger partial charge is 0.497 e. The van der Waals surface area contributed by atoms with E-state index in [4.69, 9.17) is 14.2 Å². The van der Waals surface area contributed by atoms with Gasteiger partial charge in [-0.25, -0.2) is 0 Å². The maximum Gasteiger partial charge on any atom is 0.254 e. The number of carbonyl (C=O) groups is 2. The van der Waals surface area contributed by atoms with Crippen LogP contribution in [0, 0.1) is 5.92 Å². The molecule has 7 nitrogen and oxygen atoms in total. The van der Waals surface area contributed by atoms with Crippen LogP contribution >= 0.6 is 0 Å². The maximum absolute atomic E-state index is 13.4. The molecule has 7 heteroatoms. The molecule has 0 aliphatic carbocycles. The summed E-state index contributed by atoms with van der Waals surface area (Å²) in [6.45, 7) is 1.09. The van der Waals surface area contributed by atoms with E-state index in [0.717, 1.165) is 11.1 Å². The minimum Gasteiger partial charge on any atom is -0.497 e. The number of hydrogen-bond donors (Lipinski definition) is 1. The van der Waals surface area contributed by atoms with E-state index in [1.165, 1.54) is 0 Å². The number of ether oxygens (including phenoxy) is 3. The van der Waals surface area contributed by atoms with E-state index < -0.39 is 5.92 Å². The first-order valence-electron chi connectivity index (χ1n) is 11.5. The molecule has 1 N–H and O–H groups in total. The Hall–Kier alpha value is -4.00. The summed E-state index contributed by atoms with van der Waals surface area (Å²) < 4.78 is 16.3. The number of nitrogens with zero attached hydrogens (tertiary/aromatic N) is 1. The summed E-state index contributed by atoms with van der Waals surface area (Å²) in [6.07, 6.45) is 0. The van der Waals surface area contributed by atoms with Crippen LogP contribution in [0.3, 0.4) is 0 Å². The first-order chi connectivity index (χ1) is 17.0. The van der Waals surface area contributed by atoms with Gasteiger partial charge in [-0.3, -0.25) is 9.59 Å². The van der Waals surface area contributed by atoms with Gasteiger partial charge in [0.25, 0.3) is 5.91 Å². The van der Waals surface area contributed by atoms with Crippen LogP contribution in [0.15, 0.2) is 72.8 Å². The fraction of sp³-hybridized carbons (Fsp3) is 0.286. The van der Waals surface area contributed by atoms with Crippen LogP contribution in [0.4, 0.5) is 0 Å². The minimum atomic E-state index is -0.450. The normalized spacial score (nSPS) is 17.1. The second-order valence-electron chi connectivity index (χ2n) is 8.47. The van der Waals surface area contributed by atoms with Gasteiger partial charge in [0.2, 0.25) is 5.91 Å². The average Bonchev–Trinajstić information content (AvgIpc) is 3.37. The van der Waals surface area contributed by atoms with Crippen molar-refractivity contribution in [3.05, 3.63) is 89.5 Å². The van der Waals surface area contributed by atoms with Crippen molar-refractivity contribution in [3.8, 4) is 17.2 Å². The summed E-state index contributed by atoms with van der Waals surface area (Å²) in [6, 6.07) is 22.4. The SMILES string of the molecule is COc1cccc(C(=O)N2C[C@@H](C(=O)NCc3ccccc3)[C@H](c3cc(OC)ccc3OC)C2)c1. The van der Waals surface area contributed by atoms with E-state index in [1.807, 2.05) is 48.5 Å². The van der Waals surface area contributed by atoms with E-state index >= 15 is 0 Å². The van der Waals surface area contributed by atoms with Crippen LogP contribution in [0.25, 0.3) is 0 Å². The third-order valence-corrected chi connectivity index (χ3v) is 6.41. The molecule has 182 valence electrons. The Morgan fingerprint density at radius 2 is 1.60 bits per heavy atom. The zero-order valence-corrected chi connectivity index (χ0v) is 20.2. The topological polar surface area (TPSA) is 77.1 Å². The number of hydrogen-bond acceptors (Lipinski definition) is 5. The van der Waals surface area contributed by atoms with E-state index in [9.17, 15) is 9.59 Å². The molecule has 3 aromatic rings. The van der Waals surface area contributed by atoms with Gasteiger partial charge in [-0.05, 0) is 42.0 Å². The lowest BCUT2D eigenvalue weighted by molar-refractivity contribution is -0.125. The summed E-state index contributed by atoms with van der Waals surface area (Å²) in [5.74, 6) is 0.978. The Labute approximate surface area is 205 Å². The van der Waals surface area contributed by atoms with Crippen LogP contribution in [0.1, 0.15) is 27.4 Å². The number of nitrogens with one attached hydrogen (secondary N) is 1. The van der Waals surface area contributed by atoms with Crippen molar-refractivity contribution >= 4 is 11.8 Å². The zero-order chi connectivity index (χ0) is 24.8. The number of rotatable bonds is 8. The molecule has 4 rings (SSSR count). The van der Waals surface area contributed by atoms with E-state index in [-0.39, 0.29) is 17.7 Å². The van der Waals surface area contributed by atoms with Crippen LogP contribution in [-0.4, -0.2) is 51.1 Å². The molecule has 1 aliphatic heterocycles. The Morgan fingerprint density at radius 3 is 2.31 bits per heavy atom. The van der Waals surface area contributed by atoms with E-state index in [2.05, 4.69) is 5.32 Å². The van der Waals surface area contributed by atoms with Crippen LogP contribution in [0.2, 0.25) is 0 Å². The Morgan fingerprint density at radius 1 is 0.857 bits per heavy atom. The third-order valence-electron chi connectivity index (χ3n) is 6.41. The van der Waals surface area contributed by atoms with Gasteiger partial charge < -0.3 is 24.4 Å².